The summed E-state index contributed by atoms with van der Waals surface area (Å²) in [6.45, 7) is 0. The molecule has 1 aliphatic rings. The van der Waals surface area contributed by atoms with Gasteiger partial charge in [-0.25, -0.2) is 0 Å². The van der Waals surface area contributed by atoms with Crippen molar-refractivity contribution in [2.24, 2.45) is 0 Å². The van der Waals surface area contributed by atoms with Gasteiger partial charge >= 0.3 is 0 Å². The Bertz CT molecular complexity index is 2790. The van der Waals surface area contributed by atoms with Crippen LogP contribution in [0.2, 0.25) is 0 Å². The molecule has 3 nitrogen and oxygen atoms in total. The highest BCUT2D eigenvalue weighted by molar-refractivity contribution is 6.25. The van der Waals surface area contributed by atoms with Gasteiger partial charge in [0.1, 0.15) is 11.2 Å². The Labute approximate surface area is 257 Å². The smallest absolute Gasteiger partial charge is 0.160 e. The molecule has 210 valence electrons. The zero-order chi connectivity index (χ0) is 29.2. The molecule has 6 aromatic carbocycles. The number of para-hydroxylation sites is 2. The maximum absolute atomic E-state index is 6.72. The van der Waals surface area contributed by atoms with Crippen molar-refractivity contribution in [3.05, 3.63) is 139 Å². The maximum atomic E-state index is 6.72. The maximum Gasteiger partial charge on any atom is 0.160 e. The molecule has 0 bridgehead atoms. The Morgan fingerprint density at radius 3 is 1.87 bits per heavy atom. The predicted molar refractivity (Wildman–Crippen MR) is 184 cm³/mol. The highest BCUT2D eigenvalue weighted by Crippen LogP contribution is 2.50. The highest BCUT2D eigenvalue weighted by atomic mass is 16.3. The van der Waals surface area contributed by atoms with Crippen LogP contribution >= 0.6 is 0 Å². The molecule has 0 saturated heterocycles. The summed E-state index contributed by atoms with van der Waals surface area (Å²) in [4.78, 5) is 0. The number of rotatable bonds is 2. The molecule has 11 rings (SSSR count). The molecule has 1 aliphatic carbocycles. The van der Waals surface area contributed by atoms with Gasteiger partial charge in [-0.2, -0.15) is 0 Å². The molecule has 10 aromatic rings. The fourth-order valence-electron chi connectivity index (χ4n) is 8.06. The van der Waals surface area contributed by atoms with E-state index >= 15 is 0 Å². The molecule has 0 spiro atoms. The standard InChI is InChI=1S/C42H25NO2/c1-2-8-24(9-3-1)25-14-16-26(17-15-25)27-22-34-30-18-20-32-28-10-4-6-12-36(28)44-41(32)39(30)43-38(34)35(23-27)31-19-21-33-29-11-5-7-13-37(29)45-42(33)40(31)43/h1-18,20,22-23H,19,21H2. The van der Waals surface area contributed by atoms with E-state index in [0.717, 1.165) is 51.6 Å². The van der Waals surface area contributed by atoms with Crippen molar-refractivity contribution < 1.29 is 8.83 Å². The third-order valence-electron chi connectivity index (χ3n) is 10.1. The van der Waals surface area contributed by atoms with Crippen LogP contribution < -0.4 is 0 Å². The molecule has 0 unspecified atom stereocenters. The lowest BCUT2D eigenvalue weighted by Crippen LogP contribution is -2.02. The number of furan rings is 2. The molecular weight excluding hydrogens is 550 g/mol. The zero-order valence-electron chi connectivity index (χ0n) is 24.3. The minimum atomic E-state index is 0.915. The number of hydrogen-bond acceptors (Lipinski definition) is 2. The summed E-state index contributed by atoms with van der Waals surface area (Å²) in [7, 11) is 0. The quantitative estimate of drug-likeness (QED) is 0.205. The lowest BCUT2D eigenvalue weighted by Gasteiger charge is -2.14. The number of aromatic nitrogens is 1. The van der Waals surface area contributed by atoms with Gasteiger partial charge < -0.3 is 13.2 Å². The van der Waals surface area contributed by atoms with Gasteiger partial charge in [0.2, 0.25) is 0 Å². The first-order chi connectivity index (χ1) is 22.3. The first-order valence-corrected chi connectivity index (χ1v) is 15.6. The van der Waals surface area contributed by atoms with Gasteiger partial charge in [0, 0.05) is 37.9 Å². The average Bonchev–Trinajstić information content (AvgIpc) is 3.84. The van der Waals surface area contributed by atoms with Crippen LogP contribution in [0.25, 0.3) is 93.8 Å². The molecular formula is C42H25NO2. The second kappa shape index (κ2) is 8.43. The molecule has 0 radical (unpaired) electrons. The summed E-state index contributed by atoms with van der Waals surface area (Å²) in [6, 6.07) is 45.7. The molecule has 0 atom stereocenters. The first-order valence-electron chi connectivity index (χ1n) is 15.6. The zero-order valence-corrected chi connectivity index (χ0v) is 24.3. The van der Waals surface area contributed by atoms with E-state index in [1.54, 1.807) is 0 Å². The van der Waals surface area contributed by atoms with E-state index in [0.29, 0.717) is 0 Å². The number of benzene rings is 6. The van der Waals surface area contributed by atoms with Crippen LogP contribution in [0.1, 0.15) is 11.1 Å². The Hall–Kier alpha value is -5.80. The van der Waals surface area contributed by atoms with Gasteiger partial charge in [-0.1, -0.05) is 97.1 Å². The minimum Gasteiger partial charge on any atom is -0.454 e. The van der Waals surface area contributed by atoms with Crippen molar-refractivity contribution in [3.63, 3.8) is 0 Å². The summed E-state index contributed by atoms with van der Waals surface area (Å²) in [5.41, 5.74) is 13.9. The SMILES string of the molecule is c1ccc(-c2ccc(-c3cc4c5c(n6c4c(c3)c3ccc4c7ccccc7oc4c36)-c3oc4ccccc4c3CC5)cc2)cc1. The molecule has 4 aromatic heterocycles. The van der Waals surface area contributed by atoms with Crippen molar-refractivity contribution >= 4 is 60.1 Å². The van der Waals surface area contributed by atoms with Crippen LogP contribution in [0.4, 0.5) is 0 Å². The second-order valence-corrected chi connectivity index (χ2v) is 12.4. The van der Waals surface area contributed by atoms with E-state index in [9.17, 15) is 0 Å². The topological polar surface area (TPSA) is 30.7 Å². The molecule has 0 amide bonds. The third kappa shape index (κ3) is 3.05. The molecule has 0 saturated carbocycles. The molecule has 0 fully saturated rings. The number of fused-ring (bicyclic) bond motifs is 14. The van der Waals surface area contributed by atoms with E-state index in [2.05, 4.69) is 126 Å². The van der Waals surface area contributed by atoms with Gasteiger partial charge in [-0.3, -0.25) is 0 Å². The van der Waals surface area contributed by atoms with Gasteiger partial charge in [-0.05, 0) is 71.0 Å². The molecule has 45 heavy (non-hydrogen) atoms. The Morgan fingerprint density at radius 2 is 1.04 bits per heavy atom. The molecule has 0 N–H and O–H groups in total. The van der Waals surface area contributed by atoms with Crippen molar-refractivity contribution in [2.75, 3.05) is 0 Å². The fraction of sp³-hybridized carbons (Fsp3) is 0.0476. The summed E-state index contributed by atoms with van der Waals surface area (Å²) in [5, 5.41) is 7.26. The van der Waals surface area contributed by atoms with Crippen molar-refractivity contribution in [3.8, 4) is 33.7 Å². The average molecular weight is 576 g/mol. The van der Waals surface area contributed by atoms with Gasteiger partial charge in [0.15, 0.2) is 11.3 Å². The largest absolute Gasteiger partial charge is 0.454 e. The van der Waals surface area contributed by atoms with E-state index in [4.69, 9.17) is 8.83 Å². The Balaban J connectivity index is 1.26. The monoisotopic (exact) mass is 575 g/mol. The summed E-state index contributed by atoms with van der Waals surface area (Å²) in [5.74, 6) is 0.995. The predicted octanol–water partition coefficient (Wildman–Crippen LogP) is 11.4. The first kappa shape index (κ1) is 23.6. The lowest BCUT2D eigenvalue weighted by atomic mass is 9.90. The highest BCUT2D eigenvalue weighted by Gasteiger charge is 2.32. The van der Waals surface area contributed by atoms with Crippen LogP contribution in [0, 0.1) is 0 Å². The third-order valence-corrected chi connectivity index (χ3v) is 10.1. The van der Waals surface area contributed by atoms with E-state index in [-0.39, 0.29) is 0 Å². The van der Waals surface area contributed by atoms with Crippen molar-refractivity contribution in [1.29, 1.82) is 0 Å². The lowest BCUT2D eigenvalue weighted by molar-refractivity contribution is 0.618. The van der Waals surface area contributed by atoms with Crippen LogP contribution in [0.3, 0.4) is 0 Å². The van der Waals surface area contributed by atoms with Crippen molar-refractivity contribution in [1.82, 2.24) is 4.40 Å². The number of hydrogen-bond donors (Lipinski definition) is 0. The molecule has 3 heteroatoms. The molecule has 4 heterocycles. The summed E-state index contributed by atoms with van der Waals surface area (Å²) < 4.78 is 15.9. The van der Waals surface area contributed by atoms with Crippen molar-refractivity contribution in [2.45, 2.75) is 12.8 Å². The Kier molecular flexibility index (Phi) is 4.43. The summed E-state index contributed by atoms with van der Waals surface area (Å²) in [6.07, 6.45) is 1.93. The minimum absolute atomic E-state index is 0.915. The number of aryl methyl sites for hydroxylation is 2. The summed E-state index contributed by atoms with van der Waals surface area (Å²) >= 11 is 0. The Morgan fingerprint density at radius 1 is 0.422 bits per heavy atom. The molecule has 0 aliphatic heterocycles. The van der Waals surface area contributed by atoms with Gasteiger partial charge in [-0.15, -0.1) is 0 Å². The normalized spacial score (nSPS) is 13.2. The fourth-order valence-corrected chi connectivity index (χ4v) is 8.06. The van der Waals surface area contributed by atoms with Crippen LogP contribution in [-0.2, 0) is 12.8 Å². The van der Waals surface area contributed by atoms with E-state index in [1.165, 1.54) is 66.1 Å². The van der Waals surface area contributed by atoms with Gasteiger partial charge in [0.05, 0.1) is 16.7 Å². The van der Waals surface area contributed by atoms with Crippen LogP contribution in [0.5, 0.6) is 0 Å². The second-order valence-electron chi connectivity index (χ2n) is 12.4. The van der Waals surface area contributed by atoms with E-state index in [1.807, 2.05) is 6.07 Å². The van der Waals surface area contributed by atoms with Crippen LogP contribution in [-0.4, -0.2) is 4.40 Å². The van der Waals surface area contributed by atoms with Crippen LogP contribution in [0.15, 0.2) is 136 Å². The van der Waals surface area contributed by atoms with E-state index < -0.39 is 0 Å². The number of nitrogens with zero attached hydrogens (tertiary/aromatic N) is 1. The van der Waals surface area contributed by atoms with Gasteiger partial charge in [0.25, 0.3) is 0 Å².